The molecule has 0 fully saturated rings. The second-order valence-electron chi connectivity index (χ2n) is 5.97. The van der Waals surface area contributed by atoms with Crippen molar-refractivity contribution in [2.45, 2.75) is 33.7 Å². The summed E-state index contributed by atoms with van der Waals surface area (Å²) in [5, 5.41) is 5.13. The van der Waals surface area contributed by atoms with Crippen molar-refractivity contribution < 1.29 is 4.79 Å². The molecule has 5 nitrogen and oxygen atoms in total. The lowest BCUT2D eigenvalue weighted by Gasteiger charge is -2.04. The standard InChI is InChI=1S/C18H19N3O2S2/c1-11-4-6-14(7-5-11)8-15-13(3)19-17(25-15)20-16(22)9-21-12(2)10-24-18(21)23/h4-7,10H,8-9H2,1-3H3,(H,19,20,22). The number of aryl methyl sites for hydroxylation is 3. The van der Waals surface area contributed by atoms with E-state index in [9.17, 15) is 9.59 Å². The molecule has 0 aliphatic rings. The van der Waals surface area contributed by atoms with E-state index in [1.165, 1.54) is 27.0 Å². The fraction of sp³-hybridized carbons (Fsp3) is 0.278. The Morgan fingerprint density at radius 3 is 2.56 bits per heavy atom. The smallest absolute Gasteiger partial charge is 0.300 e. The van der Waals surface area contributed by atoms with Gasteiger partial charge in [-0.05, 0) is 26.3 Å². The van der Waals surface area contributed by atoms with E-state index < -0.39 is 0 Å². The van der Waals surface area contributed by atoms with Gasteiger partial charge in [0.2, 0.25) is 5.91 Å². The number of thiazole rings is 2. The first-order valence-electron chi connectivity index (χ1n) is 7.89. The molecule has 2 aromatic heterocycles. The summed E-state index contributed by atoms with van der Waals surface area (Å²) in [4.78, 5) is 29.3. The lowest BCUT2D eigenvalue weighted by atomic mass is 10.1. The largest absolute Gasteiger partial charge is 0.307 e. The van der Waals surface area contributed by atoms with Gasteiger partial charge in [0.15, 0.2) is 5.13 Å². The third-order valence-corrected chi connectivity index (χ3v) is 5.86. The first-order chi connectivity index (χ1) is 11.9. The van der Waals surface area contributed by atoms with Crippen molar-refractivity contribution in [3.8, 4) is 0 Å². The summed E-state index contributed by atoms with van der Waals surface area (Å²) in [5.41, 5.74) is 4.16. The van der Waals surface area contributed by atoms with Crippen molar-refractivity contribution in [3.05, 3.63) is 66.7 Å². The number of hydrogen-bond donors (Lipinski definition) is 1. The molecule has 0 spiro atoms. The average Bonchev–Trinajstić information content (AvgIpc) is 3.06. The zero-order valence-electron chi connectivity index (χ0n) is 14.3. The Labute approximate surface area is 154 Å². The number of carbonyl (C=O) groups is 1. The molecule has 1 amide bonds. The summed E-state index contributed by atoms with van der Waals surface area (Å²) in [6.45, 7) is 5.84. The van der Waals surface area contributed by atoms with Crippen LogP contribution in [0.5, 0.6) is 0 Å². The Morgan fingerprint density at radius 2 is 1.92 bits per heavy atom. The van der Waals surface area contributed by atoms with Crippen molar-refractivity contribution in [2.24, 2.45) is 0 Å². The molecule has 0 saturated heterocycles. The van der Waals surface area contributed by atoms with Gasteiger partial charge in [0, 0.05) is 22.4 Å². The van der Waals surface area contributed by atoms with Crippen LogP contribution in [0.15, 0.2) is 34.4 Å². The first-order valence-corrected chi connectivity index (χ1v) is 9.58. The average molecular weight is 374 g/mol. The highest BCUT2D eigenvalue weighted by atomic mass is 32.1. The first kappa shape index (κ1) is 17.6. The van der Waals surface area contributed by atoms with Crippen LogP contribution >= 0.6 is 22.7 Å². The van der Waals surface area contributed by atoms with Crippen molar-refractivity contribution in [2.75, 3.05) is 5.32 Å². The van der Waals surface area contributed by atoms with Gasteiger partial charge in [0.1, 0.15) is 6.54 Å². The van der Waals surface area contributed by atoms with E-state index in [4.69, 9.17) is 0 Å². The topological polar surface area (TPSA) is 64.0 Å². The van der Waals surface area contributed by atoms with Crippen LogP contribution in [0.4, 0.5) is 5.13 Å². The molecular weight excluding hydrogens is 354 g/mol. The van der Waals surface area contributed by atoms with Gasteiger partial charge in [-0.1, -0.05) is 41.2 Å². The SMILES string of the molecule is Cc1ccc(Cc2sc(NC(=O)Cn3c(C)csc3=O)nc2C)cc1. The molecule has 0 aliphatic heterocycles. The van der Waals surface area contributed by atoms with Crippen LogP contribution in [-0.2, 0) is 17.8 Å². The monoisotopic (exact) mass is 373 g/mol. The molecule has 25 heavy (non-hydrogen) atoms. The molecule has 1 aromatic carbocycles. The number of hydrogen-bond acceptors (Lipinski definition) is 5. The van der Waals surface area contributed by atoms with Gasteiger partial charge in [-0.15, -0.1) is 11.3 Å². The lowest BCUT2D eigenvalue weighted by molar-refractivity contribution is -0.116. The van der Waals surface area contributed by atoms with Crippen LogP contribution in [0.25, 0.3) is 0 Å². The van der Waals surface area contributed by atoms with Crippen molar-refractivity contribution in [1.29, 1.82) is 0 Å². The number of rotatable bonds is 5. The molecule has 3 aromatic rings. The van der Waals surface area contributed by atoms with Gasteiger partial charge in [-0.3, -0.25) is 14.2 Å². The van der Waals surface area contributed by atoms with Gasteiger partial charge in [-0.2, -0.15) is 0 Å². The molecule has 0 radical (unpaired) electrons. The maximum atomic E-state index is 12.2. The predicted molar refractivity (Wildman–Crippen MR) is 103 cm³/mol. The molecule has 3 rings (SSSR count). The van der Waals surface area contributed by atoms with E-state index in [1.807, 2.05) is 13.8 Å². The fourth-order valence-electron chi connectivity index (χ4n) is 2.44. The van der Waals surface area contributed by atoms with Gasteiger partial charge in [-0.25, -0.2) is 4.98 Å². The summed E-state index contributed by atoms with van der Waals surface area (Å²) in [6, 6.07) is 8.40. The zero-order valence-corrected chi connectivity index (χ0v) is 16.0. The molecule has 0 aliphatic carbocycles. The summed E-state index contributed by atoms with van der Waals surface area (Å²) in [5.74, 6) is -0.237. The molecule has 130 valence electrons. The van der Waals surface area contributed by atoms with Gasteiger partial charge in [0.25, 0.3) is 0 Å². The van der Waals surface area contributed by atoms with Crippen LogP contribution in [0.1, 0.15) is 27.4 Å². The Kier molecular flexibility index (Phi) is 5.15. The molecule has 0 saturated carbocycles. The van der Waals surface area contributed by atoms with E-state index >= 15 is 0 Å². The van der Waals surface area contributed by atoms with Crippen molar-refractivity contribution >= 4 is 33.7 Å². The maximum Gasteiger partial charge on any atom is 0.307 e. The Morgan fingerprint density at radius 1 is 1.20 bits per heavy atom. The minimum absolute atomic E-state index is 0.0140. The summed E-state index contributed by atoms with van der Waals surface area (Å²) >= 11 is 2.58. The van der Waals surface area contributed by atoms with Crippen molar-refractivity contribution in [1.82, 2.24) is 9.55 Å². The quantitative estimate of drug-likeness (QED) is 0.744. The molecular formula is C18H19N3O2S2. The molecule has 0 unspecified atom stereocenters. The highest BCUT2D eigenvalue weighted by molar-refractivity contribution is 7.15. The summed E-state index contributed by atoms with van der Waals surface area (Å²) in [7, 11) is 0. The van der Waals surface area contributed by atoms with Crippen LogP contribution in [0.3, 0.4) is 0 Å². The third-order valence-electron chi connectivity index (χ3n) is 3.90. The molecule has 0 atom stereocenters. The minimum Gasteiger partial charge on any atom is -0.300 e. The normalized spacial score (nSPS) is 10.8. The van der Waals surface area contributed by atoms with Crippen LogP contribution < -0.4 is 10.2 Å². The predicted octanol–water partition coefficient (Wildman–Crippen LogP) is 3.52. The molecule has 7 heteroatoms. The lowest BCUT2D eigenvalue weighted by Crippen LogP contribution is -2.25. The van der Waals surface area contributed by atoms with E-state index in [2.05, 4.69) is 41.5 Å². The van der Waals surface area contributed by atoms with Crippen LogP contribution in [-0.4, -0.2) is 15.5 Å². The number of benzene rings is 1. The zero-order chi connectivity index (χ0) is 18.0. The summed E-state index contributed by atoms with van der Waals surface area (Å²) in [6.07, 6.45) is 0.794. The highest BCUT2D eigenvalue weighted by Gasteiger charge is 2.13. The number of amides is 1. The number of nitrogens with one attached hydrogen (secondary N) is 1. The summed E-state index contributed by atoms with van der Waals surface area (Å²) < 4.78 is 1.47. The number of carbonyl (C=O) groups excluding carboxylic acids is 1. The van der Waals surface area contributed by atoms with Gasteiger partial charge < -0.3 is 5.32 Å². The second kappa shape index (κ2) is 7.33. The Balaban J connectivity index is 1.68. The third kappa shape index (κ3) is 4.24. The van der Waals surface area contributed by atoms with E-state index in [0.29, 0.717) is 5.13 Å². The molecule has 0 bridgehead atoms. The molecule has 1 N–H and O–H groups in total. The van der Waals surface area contributed by atoms with E-state index in [-0.39, 0.29) is 17.3 Å². The van der Waals surface area contributed by atoms with Crippen molar-refractivity contribution in [3.63, 3.8) is 0 Å². The van der Waals surface area contributed by atoms with Crippen LogP contribution in [0, 0.1) is 20.8 Å². The number of nitrogens with zero attached hydrogens (tertiary/aromatic N) is 2. The van der Waals surface area contributed by atoms with Crippen LogP contribution in [0.2, 0.25) is 0 Å². The number of aromatic nitrogens is 2. The van der Waals surface area contributed by atoms with E-state index in [1.54, 1.807) is 5.38 Å². The number of anilines is 1. The van der Waals surface area contributed by atoms with Gasteiger partial charge >= 0.3 is 4.87 Å². The van der Waals surface area contributed by atoms with Gasteiger partial charge in [0.05, 0.1) is 5.69 Å². The minimum atomic E-state index is -0.237. The Bertz CT molecular complexity index is 952. The Hall–Kier alpha value is -2.25. The highest BCUT2D eigenvalue weighted by Crippen LogP contribution is 2.25. The maximum absolute atomic E-state index is 12.2. The second-order valence-corrected chi connectivity index (χ2v) is 7.87. The molecule has 2 heterocycles. The fourth-order valence-corrected chi connectivity index (χ4v) is 4.18. The van der Waals surface area contributed by atoms with E-state index in [0.717, 1.165) is 34.0 Å².